The largest absolute Gasteiger partial charge is 0.392 e. The maximum atomic E-state index is 8.99. The Morgan fingerprint density at radius 2 is 2.21 bits per heavy atom. The summed E-state index contributed by atoms with van der Waals surface area (Å²) in [7, 11) is 1.83. The first-order valence-corrected chi connectivity index (χ1v) is 4.72. The van der Waals surface area contributed by atoms with Crippen molar-refractivity contribution < 1.29 is 5.11 Å². The highest BCUT2D eigenvalue weighted by Gasteiger charge is 2.06. The van der Waals surface area contributed by atoms with Crippen LogP contribution in [0.1, 0.15) is 24.5 Å². The third-order valence-corrected chi connectivity index (χ3v) is 2.21. The highest BCUT2D eigenvalue weighted by Crippen LogP contribution is 2.18. The lowest BCUT2D eigenvalue weighted by molar-refractivity contribution is 0.282. The number of hydrogen-bond donors (Lipinski definition) is 3. The van der Waals surface area contributed by atoms with E-state index in [1.165, 1.54) is 0 Å². The maximum absolute atomic E-state index is 8.99. The normalized spacial score (nSPS) is 9.93. The Kier molecular flexibility index (Phi) is 3.65. The van der Waals surface area contributed by atoms with Crippen molar-refractivity contribution >= 4 is 11.4 Å². The fourth-order valence-corrected chi connectivity index (χ4v) is 1.35. The molecule has 0 fully saturated rings. The van der Waals surface area contributed by atoms with Gasteiger partial charge in [-0.15, -0.1) is 0 Å². The highest BCUT2D eigenvalue weighted by atomic mass is 16.3. The molecule has 0 heterocycles. The molecule has 3 heteroatoms. The number of rotatable bonds is 4. The third kappa shape index (κ3) is 2.12. The van der Waals surface area contributed by atoms with E-state index in [9.17, 15) is 0 Å². The summed E-state index contributed by atoms with van der Waals surface area (Å²) >= 11 is 0. The average Bonchev–Trinajstić information content (AvgIpc) is 2.27. The second-order valence-electron chi connectivity index (χ2n) is 3.12. The molecule has 0 aromatic heterocycles. The van der Waals surface area contributed by atoms with Crippen molar-refractivity contribution in [2.24, 2.45) is 0 Å². The molecule has 1 aromatic rings. The molecule has 0 aliphatic rings. The Hall–Kier alpha value is -1.35. The van der Waals surface area contributed by atoms with Crippen LogP contribution in [0.2, 0.25) is 0 Å². The van der Waals surface area contributed by atoms with E-state index in [2.05, 4.69) is 5.32 Å². The van der Waals surface area contributed by atoms with Crippen molar-refractivity contribution in [2.45, 2.75) is 20.0 Å². The van der Waals surface area contributed by atoms with E-state index < -0.39 is 0 Å². The molecular formula is C11H16N2O. The first-order valence-electron chi connectivity index (χ1n) is 4.72. The summed E-state index contributed by atoms with van der Waals surface area (Å²) in [6, 6.07) is 5.61. The van der Waals surface area contributed by atoms with Crippen LogP contribution in [0.15, 0.2) is 18.2 Å². The Balaban J connectivity index is 3.14. The Morgan fingerprint density at radius 1 is 1.50 bits per heavy atom. The van der Waals surface area contributed by atoms with Crippen molar-refractivity contribution in [3.8, 4) is 0 Å². The molecule has 0 aliphatic heterocycles. The Morgan fingerprint density at radius 3 is 2.71 bits per heavy atom. The number of aliphatic hydroxyl groups excluding tert-OH is 1. The predicted molar refractivity (Wildman–Crippen MR) is 59.0 cm³/mol. The molecule has 0 saturated heterocycles. The van der Waals surface area contributed by atoms with E-state index in [0.717, 1.165) is 16.8 Å². The number of anilines is 1. The van der Waals surface area contributed by atoms with Gasteiger partial charge in [0.2, 0.25) is 0 Å². The minimum atomic E-state index is 0.0218. The van der Waals surface area contributed by atoms with Gasteiger partial charge in [-0.2, -0.15) is 0 Å². The Labute approximate surface area is 84.3 Å². The van der Waals surface area contributed by atoms with Gasteiger partial charge in [0.05, 0.1) is 6.61 Å². The molecule has 0 aliphatic carbocycles. The van der Waals surface area contributed by atoms with Crippen LogP contribution < -0.4 is 5.32 Å². The molecule has 1 aromatic carbocycles. The Bertz CT molecular complexity index is 334. The summed E-state index contributed by atoms with van der Waals surface area (Å²) < 4.78 is 0. The number of aliphatic hydroxyl groups is 1. The van der Waals surface area contributed by atoms with Crippen LogP contribution in [0.3, 0.4) is 0 Å². The molecule has 0 radical (unpaired) electrons. The molecule has 0 saturated carbocycles. The van der Waals surface area contributed by atoms with E-state index in [0.29, 0.717) is 12.1 Å². The lowest BCUT2D eigenvalue weighted by atomic mass is 10.0. The van der Waals surface area contributed by atoms with E-state index >= 15 is 0 Å². The smallest absolute Gasteiger partial charge is 0.0682 e. The number of hydrogen-bond acceptors (Lipinski definition) is 3. The molecule has 0 spiro atoms. The molecule has 1 rings (SSSR count). The number of benzene rings is 1. The summed E-state index contributed by atoms with van der Waals surface area (Å²) in [6.45, 7) is 1.97. The fourth-order valence-electron chi connectivity index (χ4n) is 1.35. The molecule has 0 bridgehead atoms. The van der Waals surface area contributed by atoms with Crippen molar-refractivity contribution in [2.75, 3.05) is 12.4 Å². The fraction of sp³-hybridized carbons (Fsp3) is 0.364. The second-order valence-corrected chi connectivity index (χ2v) is 3.12. The number of nitrogens with one attached hydrogen (secondary N) is 2. The van der Waals surface area contributed by atoms with Crippen LogP contribution in [0.5, 0.6) is 0 Å². The third-order valence-electron chi connectivity index (χ3n) is 2.21. The van der Waals surface area contributed by atoms with Crippen LogP contribution in [0.25, 0.3) is 0 Å². The minimum absolute atomic E-state index is 0.0218. The van der Waals surface area contributed by atoms with E-state index in [1.807, 2.05) is 32.2 Å². The predicted octanol–water partition coefficient (Wildman–Crippen LogP) is 2.00. The topological polar surface area (TPSA) is 56.1 Å². The van der Waals surface area contributed by atoms with Crippen LogP contribution in [-0.2, 0) is 6.61 Å². The van der Waals surface area contributed by atoms with Gasteiger partial charge < -0.3 is 15.8 Å². The summed E-state index contributed by atoms with van der Waals surface area (Å²) in [5.74, 6) is 0. The molecule has 76 valence electrons. The molecule has 0 unspecified atom stereocenters. The summed E-state index contributed by atoms with van der Waals surface area (Å²) in [5.41, 5.74) is 3.25. The van der Waals surface area contributed by atoms with Gasteiger partial charge in [0.15, 0.2) is 0 Å². The van der Waals surface area contributed by atoms with Gasteiger partial charge in [0.25, 0.3) is 0 Å². The zero-order valence-electron chi connectivity index (χ0n) is 8.59. The monoisotopic (exact) mass is 192 g/mol. The van der Waals surface area contributed by atoms with E-state index in [4.69, 9.17) is 10.5 Å². The van der Waals surface area contributed by atoms with Gasteiger partial charge in [-0.05, 0) is 24.1 Å². The maximum Gasteiger partial charge on any atom is 0.0682 e. The van der Waals surface area contributed by atoms with Crippen LogP contribution >= 0.6 is 0 Å². The highest BCUT2D eigenvalue weighted by molar-refractivity contribution is 6.02. The molecule has 3 nitrogen and oxygen atoms in total. The SMILES string of the molecule is CCC(=N)c1cc(CO)ccc1NC. The first-order chi connectivity index (χ1) is 6.72. The lowest BCUT2D eigenvalue weighted by Crippen LogP contribution is -2.03. The van der Waals surface area contributed by atoms with Crippen molar-refractivity contribution in [1.29, 1.82) is 5.41 Å². The summed E-state index contributed by atoms with van der Waals surface area (Å²) in [5, 5.41) is 19.8. The molecule has 0 atom stereocenters. The van der Waals surface area contributed by atoms with Crippen LogP contribution in [0.4, 0.5) is 5.69 Å². The summed E-state index contributed by atoms with van der Waals surface area (Å²) in [4.78, 5) is 0. The van der Waals surface area contributed by atoms with Gasteiger partial charge in [-0.1, -0.05) is 13.0 Å². The van der Waals surface area contributed by atoms with Gasteiger partial charge in [0, 0.05) is 24.0 Å². The molecule has 0 amide bonds. The van der Waals surface area contributed by atoms with E-state index in [1.54, 1.807) is 0 Å². The molecular weight excluding hydrogens is 176 g/mol. The van der Waals surface area contributed by atoms with Gasteiger partial charge in [0.1, 0.15) is 0 Å². The quantitative estimate of drug-likeness (QED) is 0.639. The van der Waals surface area contributed by atoms with Crippen LogP contribution in [0, 0.1) is 5.41 Å². The van der Waals surface area contributed by atoms with Crippen molar-refractivity contribution in [3.05, 3.63) is 29.3 Å². The van der Waals surface area contributed by atoms with Crippen molar-refractivity contribution in [1.82, 2.24) is 0 Å². The standard InChI is InChI=1S/C11H16N2O/c1-3-10(12)9-6-8(7-14)4-5-11(9)13-2/h4-6,12-14H,3,7H2,1-2H3. The summed E-state index contributed by atoms with van der Waals surface area (Å²) in [6.07, 6.45) is 0.698. The van der Waals surface area contributed by atoms with Gasteiger partial charge in [-0.3, -0.25) is 0 Å². The molecule has 3 N–H and O–H groups in total. The van der Waals surface area contributed by atoms with Crippen LogP contribution in [-0.4, -0.2) is 17.9 Å². The van der Waals surface area contributed by atoms with Gasteiger partial charge >= 0.3 is 0 Å². The van der Waals surface area contributed by atoms with Gasteiger partial charge in [-0.25, -0.2) is 0 Å². The zero-order valence-corrected chi connectivity index (χ0v) is 8.59. The minimum Gasteiger partial charge on any atom is -0.392 e. The zero-order chi connectivity index (χ0) is 10.6. The molecule has 14 heavy (non-hydrogen) atoms. The van der Waals surface area contributed by atoms with Crippen molar-refractivity contribution in [3.63, 3.8) is 0 Å². The first kappa shape index (κ1) is 10.7. The van der Waals surface area contributed by atoms with E-state index in [-0.39, 0.29) is 6.61 Å². The second kappa shape index (κ2) is 4.77. The lowest BCUT2D eigenvalue weighted by Gasteiger charge is -2.10. The average molecular weight is 192 g/mol.